The van der Waals surface area contributed by atoms with Crippen LogP contribution in [0.5, 0.6) is 0 Å². The molecular formula is C41H27N2S-. The van der Waals surface area contributed by atoms with Crippen LogP contribution in [-0.2, 0) is 6.54 Å². The molecule has 0 saturated carbocycles. The Bertz CT molecular complexity index is 2380. The lowest BCUT2D eigenvalue weighted by atomic mass is 9.94. The average Bonchev–Trinajstić information content (AvgIpc) is 3.47. The topological polar surface area (TPSA) is 17.3 Å². The Balaban J connectivity index is 1.19. The molecular weight excluding hydrogens is 553 g/mol. The number of thiophene rings is 1. The Morgan fingerprint density at radius 1 is 0.545 bits per heavy atom. The highest BCUT2D eigenvalue weighted by Crippen LogP contribution is 2.45. The molecule has 2 heterocycles. The Labute approximate surface area is 260 Å². The van der Waals surface area contributed by atoms with E-state index in [-0.39, 0.29) is 0 Å². The van der Waals surface area contributed by atoms with Crippen molar-refractivity contribution in [3.05, 3.63) is 167 Å². The van der Waals surface area contributed by atoms with E-state index in [9.17, 15) is 0 Å². The molecule has 0 bridgehead atoms. The molecule has 0 aliphatic carbocycles. The van der Waals surface area contributed by atoms with Crippen LogP contribution in [0.25, 0.3) is 59.5 Å². The fourth-order valence-corrected chi connectivity index (χ4v) is 7.89. The second-order valence-corrected chi connectivity index (χ2v) is 12.4. The third-order valence-electron chi connectivity index (χ3n) is 8.81. The van der Waals surface area contributed by atoms with Crippen LogP contribution in [0.2, 0.25) is 0 Å². The largest absolute Gasteiger partial charge is 0.680 e. The maximum absolute atomic E-state index is 5.01. The zero-order valence-corrected chi connectivity index (χ0v) is 24.8. The van der Waals surface area contributed by atoms with E-state index in [0.29, 0.717) is 0 Å². The fraction of sp³-hybridized carbons (Fsp3) is 0.0244. The van der Waals surface area contributed by atoms with Crippen molar-refractivity contribution in [2.45, 2.75) is 6.54 Å². The van der Waals surface area contributed by atoms with Gasteiger partial charge in [-0.05, 0) is 79.8 Å². The Kier molecular flexibility index (Phi) is 5.78. The minimum atomic E-state index is 0.723. The molecule has 0 spiro atoms. The zero-order chi connectivity index (χ0) is 29.0. The highest BCUT2D eigenvalue weighted by atomic mass is 32.1. The molecule has 208 valence electrons. The predicted octanol–water partition coefficient (Wildman–Crippen LogP) is 12.2. The third-order valence-corrected chi connectivity index (χ3v) is 9.97. The van der Waals surface area contributed by atoms with E-state index < -0.39 is 0 Å². The van der Waals surface area contributed by atoms with Crippen LogP contribution in [0, 0.1) is 0 Å². The quantitative estimate of drug-likeness (QED) is 0.190. The first-order valence-electron chi connectivity index (χ1n) is 15.0. The summed E-state index contributed by atoms with van der Waals surface area (Å²) in [5.74, 6) is 0. The van der Waals surface area contributed by atoms with Gasteiger partial charge in [0.15, 0.2) is 0 Å². The van der Waals surface area contributed by atoms with Crippen LogP contribution in [0.3, 0.4) is 0 Å². The molecule has 3 heteroatoms. The lowest BCUT2D eigenvalue weighted by Crippen LogP contribution is -2.10. The van der Waals surface area contributed by atoms with Crippen LogP contribution < -0.4 is 4.90 Å². The summed E-state index contributed by atoms with van der Waals surface area (Å²) in [6.07, 6.45) is 2.26. The van der Waals surface area contributed by atoms with Gasteiger partial charge < -0.3 is 10.2 Å². The summed E-state index contributed by atoms with van der Waals surface area (Å²) in [5.41, 5.74) is 6.94. The fourth-order valence-electron chi connectivity index (χ4n) is 6.74. The standard InChI is InChI=1S/C41H27N2S/c1-2-11-30(12-3-1)43(38-24-29-19-18-27-10-4-5-13-32(27)41(29)35-16-7-6-14-33(35)38)31-22-20-28(21-23-31)37-25-40-36(26-42-37)34-15-8-9-17-39(34)44-40/h1-25H,26H2/q-1. The summed E-state index contributed by atoms with van der Waals surface area (Å²) in [5, 5.41) is 13.9. The molecule has 1 aliphatic rings. The van der Waals surface area contributed by atoms with Gasteiger partial charge >= 0.3 is 0 Å². The number of nitrogens with zero attached hydrogens (tertiary/aromatic N) is 2. The van der Waals surface area contributed by atoms with Crippen LogP contribution in [0.1, 0.15) is 16.0 Å². The lowest BCUT2D eigenvalue weighted by molar-refractivity contribution is 1.24. The zero-order valence-electron chi connectivity index (χ0n) is 23.9. The Morgan fingerprint density at radius 2 is 1.20 bits per heavy atom. The molecule has 0 unspecified atom stereocenters. The molecule has 0 radical (unpaired) electrons. The number of hydrogen-bond donors (Lipinski definition) is 0. The van der Waals surface area contributed by atoms with Crippen molar-refractivity contribution in [2.75, 3.05) is 4.90 Å². The predicted molar refractivity (Wildman–Crippen MR) is 190 cm³/mol. The lowest BCUT2D eigenvalue weighted by Gasteiger charge is -2.31. The molecule has 8 aromatic rings. The van der Waals surface area contributed by atoms with Crippen LogP contribution in [0.4, 0.5) is 17.1 Å². The highest BCUT2D eigenvalue weighted by Gasteiger charge is 2.18. The van der Waals surface area contributed by atoms with Crippen molar-refractivity contribution >= 4 is 82.6 Å². The summed E-state index contributed by atoms with van der Waals surface area (Å²) in [6, 6.07) is 52.6. The van der Waals surface area contributed by atoms with Gasteiger partial charge in [0.05, 0.1) is 5.69 Å². The van der Waals surface area contributed by atoms with Gasteiger partial charge in [-0.2, -0.15) is 0 Å². The normalized spacial score (nSPS) is 12.8. The van der Waals surface area contributed by atoms with Crippen LogP contribution >= 0.6 is 11.3 Å². The second-order valence-electron chi connectivity index (χ2n) is 11.3. The van der Waals surface area contributed by atoms with Crippen molar-refractivity contribution in [2.24, 2.45) is 0 Å². The van der Waals surface area contributed by atoms with Gasteiger partial charge in [0, 0.05) is 26.3 Å². The van der Waals surface area contributed by atoms with E-state index in [1.807, 2.05) is 11.3 Å². The molecule has 0 amide bonds. The van der Waals surface area contributed by atoms with Gasteiger partial charge in [0.2, 0.25) is 0 Å². The Morgan fingerprint density at radius 3 is 2.05 bits per heavy atom. The average molecular weight is 580 g/mol. The number of hydrogen-bond acceptors (Lipinski definition) is 2. The van der Waals surface area contributed by atoms with E-state index in [1.54, 1.807) is 0 Å². The van der Waals surface area contributed by atoms with Gasteiger partial charge in [-0.25, -0.2) is 0 Å². The van der Waals surface area contributed by atoms with E-state index in [0.717, 1.165) is 29.2 Å². The maximum Gasteiger partial charge on any atom is 0.0546 e. The SMILES string of the molecule is C1=C(c2ccc(N(c3ccccc3)c3cc4ccc5ccccc5c4c4ccccc34)cc2)[N-]Cc2c1sc1ccccc21. The summed E-state index contributed by atoms with van der Waals surface area (Å²) >= 11 is 1.86. The summed E-state index contributed by atoms with van der Waals surface area (Å²) in [7, 11) is 0. The summed E-state index contributed by atoms with van der Waals surface area (Å²) < 4.78 is 1.33. The Hall–Kier alpha value is -5.38. The first kappa shape index (κ1) is 25.1. The number of rotatable bonds is 4. The number of anilines is 3. The maximum atomic E-state index is 5.01. The van der Waals surface area contributed by atoms with Gasteiger partial charge in [0.25, 0.3) is 0 Å². The number of para-hydroxylation sites is 1. The molecule has 1 aliphatic heterocycles. The molecule has 2 nitrogen and oxygen atoms in total. The minimum absolute atomic E-state index is 0.723. The van der Waals surface area contributed by atoms with Crippen molar-refractivity contribution in [3.63, 3.8) is 0 Å². The molecule has 0 atom stereocenters. The molecule has 7 aromatic carbocycles. The summed E-state index contributed by atoms with van der Waals surface area (Å²) in [6.45, 7) is 0.723. The van der Waals surface area contributed by atoms with Crippen LogP contribution in [0.15, 0.2) is 146 Å². The molecule has 44 heavy (non-hydrogen) atoms. The third kappa shape index (κ3) is 4.01. The minimum Gasteiger partial charge on any atom is -0.680 e. The molecule has 0 saturated heterocycles. The van der Waals surface area contributed by atoms with Crippen molar-refractivity contribution in [1.82, 2.24) is 0 Å². The molecule has 0 fully saturated rings. The second kappa shape index (κ2) is 10.1. The van der Waals surface area contributed by atoms with Gasteiger partial charge in [-0.15, -0.1) is 23.6 Å². The molecule has 0 N–H and O–H groups in total. The highest BCUT2D eigenvalue weighted by molar-refractivity contribution is 7.20. The van der Waals surface area contributed by atoms with E-state index in [1.165, 1.54) is 58.5 Å². The van der Waals surface area contributed by atoms with Crippen LogP contribution in [-0.4, -0.2) is 0 Å². The monoisotopic (exact) mass is 579 g/mol. The first-order chi connectivity index (χ1) is 21.8. The van der Waals surface area contributed by atoms with E-state index in [4.69, 9.17) is 5.32 Å². The molecule has 9 rings (SSSR count). The van der Waals surface area contributed by atoms with Crippen molar-refractivity contribution < 1.29 is 0 Å². The van der Waals surface area contributed by atoms with E-state index >= 15 is 0 Å². The van der Waals surface area contributed by atoms with Crippen molar-refractivity contribution in [1.29, 1.82) is 0 Å². The molecule has 1 aromatic heterocycles. The number of fused-ring (bicyclic) bond motifs is 8. The van der Waals surface area contributed by atoms with Gasteiger partial charge in [-0.1, -0.05) is 115 Å². The summed E-state index contributed by atoms with van der Waals surface area (Å²) in [4.78, 5) is 3.71. The van der Waals surface area contributed by atoms with Gasteiger partial charge in [-0.3, -0.25) is 0 Å². The van der Waals surface area contributed by atoms with E-state index in [2.05, 4.69) is 157 Å². The first-order valence-corrected chi connectivity index (χ1v) is 15.8. The van der Waals surface area contributed by atoms with Crippen molar-refractivity contribution in [3.8, 4) is 0 Å². The number of benzene rings is 7. The van der Waals surface area contributed by atoms with Gasteiger partial charge in [0.1, 0.15) is 0 Å². The smallest absolute Gasteiger partial charge is 0.0546 e.